The molecule has 0 aliphatic heterocycles. The maximum Gasteiger partial charge on any atom is 0.0704 e. The molecule has 0 aliphatic carbocycles. The Balaban J connectivity index is 2.03. The number of hydrogen-bond donors (Lipinski definition) is 1. The van der Waals surface area contributed by atoms with Crippen molar-refractivity contribution in [3.8, 4) is 0 Å². The van der Waals surface area contributed by atoms with E-state index in [2.05, 4.69) is 48.1 Å². The first-order valence-corrected chi connectivity index (χ1v) is 8.18. The molecule has 1 aromatic heterocycles. The van der Waals surface area contributed by atoms with E-state index in [0.29, 0.717) is 6.04 Å². The van der Waals surface area contributed by atoms with Crippen LogP contribution in [0.2, 0.25) is 0 Å². The van der Waals surface area contributed by atoms with Crippen LogP contribution in [0.15, 0.2) is 9.85 Å². The largest absolute Gasteiger partial charge is 0.315 e. The lowest BCUT2D eigenvalue weighted by Gasteiger charge is -2.07. The lowest BCUT2D eigenvalue weighted by molar-refractivity contribution is 0.542. The third-order valence-electron chi connectivity index (χ3n) is 2.92. The van der Waals surface area contributed by atoms with E-state index >= 15 is 0 Å². The van der Waals surface area contributed by atoms with E-state index in [9.17, 15) is 0 Å². The van der Waals surface area contributed by atoms with Crippen LogP contribution in [0, 0.1) is 6.92 Å². The Morgan fingerprint density at radius 2 is 1.94 bits per heavy atom. The molecule has 0 atom stereocenters. The molecule has 0 amide bonds. The van der Waals surface area contributed by atoms with Crippen molar-refractivity contribution in [1.82, 2.24) is 5.32 Å². The first kappa shape index (κ1) is 15.2. The van der Waals surface area contributed by atoms with Gasteiger partial charge in [0.05, 0.1) is 3.79 Å². The van der Waals surface area contributed by atoms with Crippen molar-refractivity contribution in [3.05, 3.63) is 20.3 Å². The van der Waals surface area contributed by atoms with Gasteiger partial charge in [-0.1, -0.05) is 26.7 Å². The fourth-order valence-corrected chi connectivity index (χ4v) is 3.70. The second-order valence-electron chi connectivity index (χ2n) is 4.90. The molecule has 0 saturated heterocycles. The Morgan fingerprint density at radius 3 is 2.53 bits per heavy atom. The molecule has 98 valence electrons. The summed E-state index contributed by atoms with van der Waals surface area (Å²) in [6.45, 7) is 7.80. The number of aryl methyl sites for hydroxylation is 2. The van der Waals surface area contributed by atoms with E-state index in [-0.39, 0.29) is 0 Å². The molecule has 17 heavy (non-hydrogen) atoms. The van der Waals surface area contributed by atoms with Gasteiger partial charge in [0.2, 0.25) is 0 Å². The summed E-state index contributed by atoms with van der Waals surface area (Å²) in [4.78, 5) is 1.47. The van der Waals surface area contributed by atoms with E-state index < -0.39 is 0 Å². The Morgan fingerprint density at radius 1 is 1.24 bits per heavy atom. The molecule has 0 aromatic carbocycles. The van der Waals surface area contributed by atoms with E-state index in [1.165, 1.54) is 52.9 Å². The van der Waals surface area contributed by atoms with Gasteiger partial charge in [-0.15, -0.1) is 11.3 Å². The van der Waals surface area contributed by atoms with Gasteiger partial charge in [-0.05, 0) is 60.3 Å². The molecular formula is C14H24BrNS. The van der Waals surface area contributed by atoms with Crippen LogP contribution in [0.25, 0.3) is 0 Å². The second-order valence-corrected chi connectivity index (χ2v) is 7.54. The molecule has 0 radical (unpaired) electrons. The molecule has 1 heterocycles. The molecule has 3 heteroatoms. The van der Waals surface area contributed by atoms with Crippen molar-refractivity contribution in [3.63, 3.8) is 0 Å². The van der Waals surface area contributed by atoms with Crippen LogP contribution in [0.1, 0.15) is 50.0 Å². The topological polar surface area (TPSA) is 12.0 Å². The number of thiophene rings is 1. The Hall–Kier alpha value is 0.140. The number of unbranched alkanes of at least 4 members (excludes halogenated alkanes) is 3. The summed E-state index contributed by atoms with van der Waals surface area (Å²) < 4.78 is 1.27. The van der Waals surface area contributed by atoms with Crippen LogP contribution in [-0.4, -0.2) is 12.6 Å². The fraction of sp³-hybridized carbons (Fsp3) is 0.714. The standard InChI is InChI=1S/C14H24BrNS/c1-11(2)16-9-7-5-4-6-8-13-10-14(15)17-12(13)3/h10-11,16H,4-9H2,1-3H3. The van der Waals surface area contributed by atoms with Crippen LogP contribution in [-0.2, 0) is 6.42 Å². The van der Waals surface area contributed by atoms with Gasteiger partial charge in [0, 0.05) is 10.9 Å². The number of nitrogens with one attached hydrogen (secondary N) is 1. The quantitative estimate of drug-likeness (QED) is 0.671. The average Bonchev–Trinajstić information content (AvgIpc) is 2.55. The summed E-state index contributed by atoms with van der Waals surface area (Å²) in [5, 5.41) is 3.46. The van der Waals surface area contributed by atoms with Gasteiger partial charge in [0.25, 0.3) is 0 Å². The smallest absolute Gasteiger partial charge is 0.0704 e. The second kappa shape index (κ2) is 8.28. The van der Waals surface area contributed by atoms with Crippen molar-refractivity contribution >= 4 is 27.3 Å². The van der Waals surface area contributed by atoms with Gasteiger partial charge in [-0.25, -0.2) is 0 Å². The highest BCUT2D eigenvalue weighted by Crippen LogP contribution is 2.27. The van der Waals surface area contributed by atoms with Crippen molar-refractivity contribution in [1.29, 1.82) is 0 Å². The highest BCUT2D eigenvalue weighted by atomic mass is 79.9. The normalized spacial score (nSPS) is 11.4. The van der Waals surface area contributed by atoms with Gasteiger partial charge in [-0.2, -0.15) is 0 Å². The molecule has 0 unspecified atom stereocenters. The summed E-state index contributed by atoms with van der Waals surface area (Å²) >= 11 is 5.40. The van der Waals surface area contributed by atoms with Gasteiger partial charge >= 0.3 is 0 Å². The summed E-state index contributed by atoms with van der Waals surface area (Å²) in [6.07, 6.45) is 6.58. The molecular weight excluding hydrogens is 294 g/mol. The van der Waals surface area contributed by atoms with Crippen molar-refractivity contribution < 1.29 is 0 Å². The SMILES string of the molecule is Cc1sc(Br)cc1CCCCCCNC(C)C. The van der Waals surface area contributed by atoms with Gasteiger partial charge in [-0.3, -0.25) is 0 Å². The number of rotatable bonds is 8. The molecule has 0 bridgehead atoms. The number of halogens is 1. The molecule has 1 nitrogen and oxygen atoms in total. The molecule has 0 saturated carbocycles. The maximum absolute atomic E-state index is 3.55. The third-order valence-corrected chi connectivity index (χ3v) is 4.51. The summed E-state index contributed by atoms with van der Waals surface area (Å²) in [7, 11) is 0. The molecule has 0 spiro atoms. The minimum absolute atomic E-state index is 0.626. The number of hydrogen-bond acceptors (Lipinski definition) is 2. The summed E-state index contributed by atoms with van der Waals surface area (Å²) in [6, 6.07) is 2.90. The van der Waals surface area contributed by atoms with Gasteiger partial charge in [0.15, 0.2) is 0 Å². The molecule has 1 N–H and O–H groups in total. The maximum atomic E-state index is 3.55. The van der Waals surface area contributed by atoms with E-state index in [0.717, 1.165) is 0 Å². The van der Waals surface area contributed by atoms with Crippen LogP contribution < -0.4 is 5.32 Å². The van der Waals surface area contributed by atoms with E-state index in [4.69, 9.17) is 0 Å². The summed E-state index contributed by atoms with van der Waals surface area (Å²) in [5.41, 5.74) is 1.53. The molecule has 0 fully saturated rings. The lowest BCUT2D eigenvalue weighted by Crippen LogP contribution is -2.23. The first-order chi connectivity index (χ1) is 8.09. The van der Waals surface area contributed by atoms with Crippen molar-refractivity contribution in [2.24, 2.45) is 0 Å². The minimum Gasteiger partial charge on any atom is -0.315 e. The van der Waals surface area contributed by atoms with Crippen molar-refractivity contribution in [2.45, 2.75) is 58.9 Å². The average molecular weight is 318 g/mol. The van der Waals surface area contributed by atoms with Crippen LogP contribution in [0.4, 0.5) is 0 Å². The summed E-state index contributed by atoms with van der Waals surface area (Å²) in [5.74, 6) is 0. The zero-order valence-corrected chi connectivity index (χ0v) is 13.6. The van der Waals surface area contributed by atoms with Crippen molar-refractivity contribution in [2.75, 3.05) is 6.54 Å². The Bertz CT molecular complexity index is 320. The highest BCUT2D eigenvalue weighted by molar-refractivity contribution is 9.11. The monoisotopic (exact) mass is 317 g/mol. The first-order valence-electron chi connectivity index (χ1n) is 6.58. The molecule has 1 aromatic rings. The van der Waals surface area contributed by atoms with E-state index in [1.54, 1.807) is 0 Å². The Kier molecular flexibility index (Phi) is 7.40. The zero-order chi connectivity index (χ0) is 12.7. The fourth-order valence-electron chi connectivity index (χ4n) is 1.91. The lowest BCUT2D eigenvalue weighted by atomic mass is 10.1. The van der Waals surface area contributed by atoms with E-state index in [1.807, 2.05) is 11.3 Å². The van der Waals surface area contributed by atoms with Gasteiger partial charge in [0.1, 0.15) is 0 Å². The highest BCUT2D eigenvalue weighted by Gasteiger charge is 2.03. The predicted molar refractivity (Wildman–Crippen MR) is 82.1 cm³/mol. The third kappa shape index (κ3) is 6.58. The van der Waals surface area contributed by atoms with Crippen LogP contribution >= 0.6 is 27.3 Å². The Labute approximate surface area is 118 Å². The minimum atomic E-state index is 0.626. The molecule has 0 aliphatic rings. The van der Waals surface area contributed by atoms with Gasteiger partial charge < -0.3 is 5.32 Å². The zero-order valence-electron chi connectivity index (χ0n) is 11.2. The van der Waals surface area contributed by atoms with Crippen LogP contribution in [0.3, 0.4) is 0 Å². The molecule has 1 rings (SSSR count). The predicted octanol–water partition coefficient (Wildman–Crippen LogP) is 4.92. The van der Waals surface area contributed by atoms with Crippen LogP contribution in [0.5, 0.6) is 0 Å².